The lowest BCUT2D eigenvalue weighted by Gasteiger charge is -2.22. The van der Waals surface area contributed by atoms with Gasteiger partial charge in [0.1, 0.15) is 0 Å². The molecule has 15 heavy (non-hydrogen) atoms. The number of carbonyl (C=O) groups excluding carboxylic acids is 1. The number of hydrogen-bond donors (Lipinski definition) is 0. The second kappa shape index (κ2) is 3.38. The van der Waals surface area contributed by atoms with Crippen molar-refractivity contribution < 1.29 is 4.79 Å². The minimum atomic E-state index is 0.394. The SMILES string of the molecule is O=CC1=C[C@H]2C=Cc3ccccc3[C@H]2S1. The van der Waals surface area contributed by atoms with Gasteiger partial charge in [-0.25, -0.2) is 0 Å². The lowest BCUT2D eigenvalue weighted by molar-refractivity contribution is -0.104. The second-order valence-electron chi connectivity index (χ2n) is 3.79. The van der Waals surface area contributed by atoms with Gasteiger partial charge in [0, 0.05) is 16.1 Å². The molecule has 0 fully saturated rings. The summed E-state index contributed by atoms with van der Waals surface area (Å²) in [6.07, 6.45) is 7.37. The summed E-state index contributed by atoms with van der Waals surface area (Å²) in [5, 5.41) is 0.409. The number of rotatable bonds is 1. The van der Waals surface area contributed by atoms with E-state index in [1.165, 1.54) is 11.1 Å². The molecule has 2 heteroatoms. The third-order valence-corrected chi connectivity index (χ3v) is 4.21. The normalized spacial score (nSPS) is 26.8. The Kier molecular flexibility index (Phi) is 2.03. The maximum atomic E-state index is 10.7. The van der Waals surface area contributed by atoms with Crippen molar-refractivity contribution >= 4 is 24.1 Å². The van der Waals surface area contributed by atoms with Crippen LogP contribution in [0.2, 0.25) is 0 Å². The molecule has 1 nitrogen and oxygen atoms in total. The fraction of sp³-hybridized carbons (Fsp3) is 0.154. The first-order chi connectivity index (χ1) is 7.38. The molecule has 0 unspecified atom stereocenters. The molecule has 0 bridgehead atoms. The van der Waals surface area contributed by atoms with Gasteiger partial charge in [0.25, 0.3) is 0 Å². The summed E-state index contributed by atoms with van der Waals surface area (Å²) in [7, 11) is 0. The molecule has 0 N–H and O–H groups in total. The zero-order valence-corrected chi connectivity index (χ0v) is 8.91. The Hall–Kier alpha value is -1.28. The molecule has 0 spiro atoms. The summed E-state index contributed by atoms with van der Waals surface area (Å²) >= 11 is 1.68. The first-order valence-electron chi connectivity index (χ1n) is 4.99. The second-order valence-corrected chi connectivity index (χ2v) is 5.01. The molecule has 3 rings (SSSR count). The summed E-state index contributed by atoms with van der Waals surface area (Å²) in [6.45, 7) is 0. The smallest absolute Gasteiger partial charge is 0.156 e. The average molecular weight is 214 g/mol. The molecule has 0 amide bonds. The fourth-order valence-electron chi connectivity index (χ4n) is 2.17. The molecule has 0 aromatic heterocycles. The highest BCUT2D eigenvalue weighted by molar-refractivity contribution is 8.04. The van der Waals surface area contributed by atoms with Crippen molar-refractivity contribution in [3.8, 4) is 0 Å². The van der Waals surface area contributed by atoms with Crippen molar-refractivity contribution in [2.75, 3.05) is 0 Å². The Morgan fingerprint density at radius 1 is 1.27 bits per heavy atom. The molecular weight excluding hydrogens is 204 g/mol. The molecule has 2 atom stereocenters. The number of benzene rings is 1. The minimum absolute atomic E-state index is 0.394. The Bertz CT molecular complexity index is 473. The molecule has 0 saturated carbocycles. The molecule has 74 valence electrons. The lowest BCUT2D eigenvalue weighted by atomic mass is 9.89. The number of carbonyl (C=O) groups is 1. The van der Waals surface area contributed by atoms with Crippen LogP contribution in [0.3, 0.4) is 0 Å². The summed E-state index contributed by atoms with van der Waals surface area (Å²) < 4.78 is 0. The van der Waals surface area contributed by atoms with Gasteiger partial charge >= 0.3 is 0 Å². The van der Waals surface area contributed by atoms with E-state index < -0.39 is 0 Å². The Labute approximate surface area is 92.9 Å². The van der Waals surface area contributed by atoms with Crippen molar-refractivity contribution in [2.24, 2.45) is 5.92 Å². The van der Waals surface area contributed by atoms with Gasteiger partial charge in [-0.05, 0) is 11.1 Å². The van der Waals surface area contributed by atoms with Gasteiger partial charge < -0.3 is 0 Å². The number of hydrogen-bond acceptors (Lipinski definition) is 2. The number of thioether (sulfide) groups is 1. The Morgan fingerprint density at radius 3 is 3.00 bits per heavy atom. The maximum Gasteiger partial charge on any atom is 0.156 e. The monoisotopic (exact) mass is 214 g/mol. The molecule has 1 heterocycles. The van der Waals surface area contributed by atoms with Crippen LogP contribution in [0.15, 0.2) is 41.3 Å². The van der Waals surface area contributed by atoms with Crippen LogP contribution in [0.1, 0.15) is 16.4 Å². The third kappa shape index (κ3) is 1.37. The zero-order chi connectivity index (χ0) is 10.3. The lowest BCUT2D eigenvalue weighted by Crippen LogP contribution is -2.06. The van der Waals surface area contributed by atoms with E-state index in [1.54, 1.807) is 11.8 Å². The third-order valence-electron chi connectivity index (χ3n) is 2.89. The van der Waals surface area contributed by atoms with Gasteiger partial charge in [0.2, 0.25) is 0 Å². The van der Waals surface area contributed by atoms with Gasteiger partial charge in [0.05, 0.1) is 0 Å². The summed E-state index contributed by atoms with van der Waals surface area (Å²) in [5.41, 5.74) is 2.63. The highest BCUT2D eigenvalue weighted by Crippen LogP contribution is 2.50. The molecule has 1 aromatic rings. The van der Waals surface area contributed by atoms with Gasteiger partial charge in [-0.15, -0.1) is 11.8 Å². The minimum Gasteiger partial charge on any atom is -0.297 e. The van der Waals surface area contributed by atoms with E-state index in [-0.39, 0.29) is 0 Å². The molecule has 2 aliphatic rings. The zero-order valence-electron chi connectivity index (χ0n) is 8.09. The summed E-state index contributed by atoms with van der Waals surface area (Å²) in [5.74, 6) is 0.394. The van der Waals surface area contributed by atoms with Gasteiger partial charge in [-0.1, -0.05) is 42.5 Å². The predicted octanol–water partition coefficient (Wildman–Crippen LogP) is 3.20. The standard InChI is InChI=1S/C13H10OS/c14-8-11-7-10-6-5-9-3-1-2-4-12(9)13(10)15-11/h1-8,10,13H/t10-,13+/m1/s1. The van der Waals surface area contributed by atoms with E-state index in [1.807, 2.05) is 0 Å². The van der Waals surface area contributed by atoms with E-state index in [4.69, 9.17) is 0 Å². The number of fused-ring (bicyclic) bond motifs is 3. The largest absolute Gasteiger partial charge is 0.297 e. The molecule has 1 aliphatic heterocycles. The van der Waals surface area contributed by atoms with Crippen LogP contribution < -0.4 is 0 Å². The van der Waals surface area contributed by atoms with E-state index in [0.717, 1.165) is 11.2 Å². The molecular formula is C13H10OS. The highest BCUT2D eigenvalue weighted by atomic mass is 32.2. The van der Waals surface area contributed by atoms with Crippen LogP contribution in [0.25, 0.3) is 6.08 Å². The first-order valence-corrected chi connectivity index (χ1v) is 5.87. The van der Waals surface area contributed by atoms with Gasteiger partial charge in [-0.3, -0.25) is 4.79 Å². The van der Waals surface area contributed by atoms with Crippen LogP contribution in [0, 0.1) is 5.92 Å². The first kappa shape index (κ1) is 8.98. The van der Waals surface area contributed by atoms with Crippen LogP contribution in [-0.2, 0) is 4.79 Å². The molecule has 0 saturated heterocycles. The van der Waals surface area contributed by atoms with E-state index in [9.17, 15) is 4.79 Å². The molecule has 0 radical (unpaired) electrons. The van der Waals surface area contributed by atoms with Crippen LogP contribution in [0.4, 0.5) is 0 Å². The summed E-state index contributed by atoms with van der Waals surface area (Å²) in [6, 6.07) is 8.40. The highest BCUT2D eigenvalue weighted by Gasteiger charge is 2.31. The van der Waals surface area contributed by atoms with Crippen molar-refractivity contribution in [3.63, 3.8) is 0 Å². The fourth-order valence-corrected chi connectivity index (χ4v) is 3.42. The summed E-state index contributed by atoms with van der Waals surface area (Å²) in [4.78, 5) is 11.6. The molecule has 1 aliphatic carbocycles. The van der Waals surface area contributed by atoms with E-state index in [2.05, 4.69) is 42.5 Å². The number of aldehydes is 1. The van der Waals surface area contributed by atoms with Crippen molar-refractivity contribution in [2.45, 2.75) is 5.25 Å². The van der Waals surface area contributed by atoms with Gasteiger partial charge in [-0.2, -0.15) is 0 Å². The van der Waals surface area contributed by atoms with Crippen molar-refractivity contribution in [3.05, 3.63) is 52.4 Å². The predicted molar refractivity (Wildman–Crippen MR) is 63.4 cm³/mol. The molecule has 1 aromatic carbocycles. The maximum absolute atomic E-state index is 10.7. The van der Waals surface area contributed by atoms with Crippen molar-refractivity contribution in [1.29, 1.82) is 0 Å². The quantitative estimate of drug-likeness (QED) is 0.668. The van der Waals surface area contributed by atoms with Gasteiger partial charge in [0.15, 0.2) is 6.29 Å². The van der Waals surface area contributed by atoms with E-state index in [0.29, 0.717) is 11.2 Å². The Balaban J connectivity index is 2.06. The number of allylic oxidation sites excluding steroid dienone is 3. The van der Waals surface area contributed by atoms with E-state index >= 15 is 0 Å². The Morgan fingerprint density at radius 2 is 2.13 bits per heavy atom. The topological polar surface area (TPSA) is 17.1 Å². The van der Waals surface area contributed by atoms with Crippen LogP contribution in [-0.4, -0.2) is 6.29 Å². The van der Waals surface area contributed by atoms with Crippen LogP contribution >= 0.6 is 11.8 Å². The average Bonchev–Trinajstić information content (AvgIpc) is 2.72. The van der Waals surface area contributed by atoms with Crippen molar-refractivity contribution in [1.82, 2.24) is 0 Å². The van der Waals surface area contributed by atoms with Crippen LogP contribution in [0.5, 0.6) is 0 Å².